The van der Waals surface area contributed by atoms with E-state index in [1.165, 1.54) is 31.8 Å². The molecule has 2 N–H and O–H groups in total. The fourth-order valence-corrected chi connectivity index (χ4v) is 4.49. The zero-order chi connectivity index (χ0) is 29.1. The average Bonchev–Trinajstić information content (AvgIpc) is 2.94. The van der Waals surface area contributed by atoms with Crippen LogP contribution in [0.3, 0.4) is 0 Å². The minimum absolute atomic E-state index is 0.0785. The second-order valence-electron chi connectivity index (χ2n) is 10.7. The number of aryl methyl sites for hydroxylation is 2. The van der Waals surface area contributed by atoms with Gasteiger partial charge in [-0.15, -0.1) is 0 Å². The normalized spacial score (nSPS) is 13.7. The summed E-state index contributed by atoms with van der Waals surface area (Å²) in [6, 6.07) is 6.61. The number of nitrogens with one attached hydrogen (secondary N) is 2. The van der Waals surface area contributed by atoms with Gasteiger partial charge in [-0.25, -0.2) is 14.8 Å². The third kappa shape index (κ3) is 9.34. The van der Waals surface area contributed by atoms with E-state index in [9.17, 15) is 9.59 Å². The number of amides is 2. The van der Waals surface area contributed by atoms with Gasteiger partial charge in [-0.05, 0) is 63.6 Å². The molecule has 1 aliphatic rings. The van der Waals surface area contributed by atoms with Crippen LogP contribution in [0.4, 0.5) is 10.6 Å². The summed E-state index contributed by atoms with van der Waals surface area (Å²) in [6.07, 6.45) is 4.39. The Kier molecular flexibility index (Phi) is 11.5. The van der Waals surface area contributed by atoms with Gasteiger partial charge in [-0.1, -0.05) is 12.1 Å². The standard InChI is InChI=1S/C29H43N5O6/c1-29(2,3)40-25(35)17-23(21-12-14-24(37-4)32-18-21)34(19-26(38-5)39-6)28(36)31-16-8-10-22-13-11-20-9-7-15-30-27(20)33-22/h11-14,18,23,26H,7-10,15-17,19H2,1-6H3,(H,30,33)(H,31,36). The van der Waals surface area contributed by atoms with Crippen LogP contribution in [0, 0.1) is 0 Å². The molecule has 220 valence electrons. The molecule has 0 radical (unpaired) electrons. The van der Waals surface area contributed by atoms with Crippen molar-refractivity contribution in [3.8, 4) is 5.88 Å². The first-order valence-electron chi connectivity index (χ1n) is 13.7. The van der Waals surface area contributed by atoms with E-state index in [2.05, 4.69) is 27.8 Å². The van der Waals surface area contributed by atoms with Crippen molar-refractivity contribution >= 4 is 17.8 Å². The molecule has 0 spiro atoms. The highest BCUT2D eigenvalue weighted by Gasteiger charge is 2.32. The first-order valence-corrected chi connectivity index (χ1v) is 13.7. The van der Waals surface area contributed by atoms with Gasteiger partial charge in [-0.3, -0.25) is 4.79 Å². The van der Waals surface area contributed by atoms with Crippen LogP contribution < -0.4 is 15.4 Å². The lowest BCUT2D eigenvalue weighted by Crippen LogP contribution is -2.47. The van der Waals surface area contributed by atoms with Crippen LogP contribution in [0.15, 0.2) is 30.5 Å². The fourth-order valence-electron chi connectivity index (χ4n) is 4.49. The Bertz CT molecular complexity index is 1100. The first-order chi connectivity index (χ1) is 19.1. The summed E-state index contributed by atoms with van der Waals surface area (Å²) in [5, 5.41) is 6.36. The number of anilines is 1. The van der Waals surface area contributed by atoms with E-state index >= 15 is 0 Å². The zero-order valence-corrected chi connectivity index (χ0v) is 24.5. The molecule has 3 rings (SSSR count). The lowest BCUT2D eigenvalue weighted by Gasteiger charge is -2.34. The molecule has 0 bridgehead atoms. The molecule has 40 heavy (non-hydrogen) atoms. The van der Waals surface area contributed by atoms with Gasteiger partial charge in [-0.2, -0.15) is 0 Å². The molecule has 0 aliphatic carbocycles. The summed E-state index contributed by atoms with van der Waals surface area (Å²) in [5.41, 5.74) is 2.20. The van der Waals surface area contributed by atoms with Crippen molar-refractivity contribution in [2.45, 2.75) is 70.8 Å². The van der Waals surface area contributed by atoms with Gasteiger partial charge < -0.3 is 34.5 Å². The highest BCUT2D eigenvalue weighted by molar-refractivity contribution is 5.77. The third-order valence-electron chi connectivity index (χ3n) is 6.48. The van der Waals surface area contributed by atoms with Crippen molar-refractivity contribution in [3.05, 3.63) is 47.3 Å². The molecule has 0 fully saturated rings. The maximum atomic E-state index is 13.6. The minimum Gasteiger partial charge on any atom is -0.481 e. The lowest BCUT2D eigenvalue weighted by molar-refractivity contribution is -0.157. The summed E-state index contributed by atoms with van der Waals surface area (Å²) >= 11 is 0. The Balaban J connectivity index is 1.75. The van der Waals surface area contributed by atoms with Crippen LogP contribution in [-0.2, 0) is 31.8 Å². The van der Waals surface area contributed by atoms with Gasteiger partial charge in [0.15, 0.2) is 6.29 Å². The minimum atomic E-state index is -0.703. The average molecular weight is 558 g/mol. The number of ether oxygens (including phenoxy) is 4. The quantitative estimate of drug-likeness (QED) is 0.214. The summed E-state index contributed by atoms with van der Waals surface area (Å²) in [5.74, 6) is 0.945. The number of rotatable bonds is 13. The Morgan fingerprint density at radius 3 is 2.55 bits per heavy atom. The second-order valence-corrected chi connectivity index (χ2v) is 10.7. The van der Waals surface area contributed by atoms with E-state index in [1.54, 1.807) is 39.1 Å². The molecule has 1 unspecified atom stereocenters. The van der Waals surface area contributed by atoms with Crippen molar-refractivity contribution in [3.63, 3.8) is 0 Å². The van der Waals surface area contributed by atoms with Crippen molar-refractivity contribution < 1.29 is 28.5 Å². The van der Waals surface area contributed by atoms with E-state index in [0.29, 0.717) is 24.4 Å². The number of hydrogen-bond donors (Lipinski definition) is 2. The van der Waals surface area contributed by atoms with E-state index in [1.807, 2.05) is 0 Å². The number of methoxy groups -OCH3 is 3. The van der Waals surface area contributed by atoms with Crippen molar-refractivity contribution in [2.24, 2.45) is 0 Å². The number of carbonyl (C=O) groups is 2. The summed E-state index contributed by atoms with van der Waals surface area (Å²) < 4.78 is 21.6. The van der Waals surface area contributed by atoms with Gasteiger partial charge in [0.05, 0.1) is 26.1 Å². The molecule has 2 aromatic heterocycles. The van der Waals surface area contributed by atoms with Crippen LogP contribution in [0.25, 0.3) is 0 Å². The van der Waals surface area contributed by atoms with Crippen molar-refractivity contribution in [2.75, 3.05) is 46.3 Å². The lowest BCUT2D eigenvalue weighted by atomic mass is 10.0. The number of urea groups is 1. The Labute approximate surface area is 236 Å². The number of aromatic nitrogens is 2. The maximum Gasteiger partial charge on any atom is 0.318 e. The summed E-state index contributed by atoms with van der Waals surface area (Å²) in [6.45, 7) is 6.85. The highest BCUT2D eigenvalue weighted by Crippen LogP contribution is 2.28. The molecule has 3 heterocycles. The number of fused-ring (bicyclic) bond motifs is 1. The molecule has 0 saturated carbocycles. The molecule has 1 aliphatic heterocycles. The number of carbonyl (C=O) groups excluding carboxylic acids is 2. The van der Waals surface area contributed by atoms with Crippen molar-refractivity contribution in [1.29, 1.82) is 0 Å². The van der Waals surface area contributed by atoms with Gasteiger partial charge in [0.25, 0.3) is 0 Å². The smallest absolute Gasteiger partial charge is 0.318 e. The van der Waals surface area contributed by atoms with Gasteiger partial charge >= 0.3 is 12.0 Å². The number of pyridine rings is 2. The Morgan fingerprint density at radius 1 is 1.12 bits per heavy atom. The van der Waals surface area contributed by atoms with E-state index in [0.717, 1.165) is 37.3 Å². The van der Waals surface area contributed by atoms with E-state index in [4.69, 9.17) is 23.9 Å². The van der Waals surface area contributed by atoms with E-state index in [-0.39, 0.29) is 19.0 Å². The fraction of sp³-hybridized carbons (Fsp3) is 0.586. The highest BCUT2D eigenvalue weighted by atomic mass is 16.7. The predicted octanol–water partition coefficient (Wildman–Crippen LogP) is 3.88. The second kappa shape index (κ2) is 14.8. The number of esters is 1. The SMILES string of the molecule is COc1ccc(C(CC(=O)OC(C)(C)C)N(CC(OC)OC)C(=O)NCCCc2ccc3c(n2)NCCC3)cn1. The molecule has 2 aromatic rings. The van der Waals surface area contributed by atoms with Gasteiger partial charge in [0.2, 0.25) is 5.88 Å². The summed E-state index contributed by atoms with van der Waals surface area (Å²) in [4.78, 5) is 37.1. The molecule has 2 amide bonds. The zero-order valence-electron chi connectivity index (χ0n) is 24.5. The first kappa shape index (κ1) is 31.1. The van der Waals surface area contributed by atoms with Crippen LogP contribution >= 0.6 is 0 Å². The van der Waals surface area contributed by atoms with E-state index < -0.39 is 23.9 Å². The summed E-state index contributed by atoms with van der Waals surface area (Å²) in [7, 11) is 4.53. The molecule has 11 nitrogen and oxygen atoms in total. The molecule has 0 saturated heterocycles. The number of hydrogen-bond acceptors (Lipinski definition) is 9. The van der Waals surface area contributed by atoms with Crippen LogP contribution in [-0.4, -0.2) is 79.7 Å². The largest absolute Gasteiger partial charge is 0.481 e. The van der Waals surface area contributed by atoms with Crippen molar-refractivity contribution in [1.82, 2.24) is 20.2 Å². The number of nitrogens with zero attached hydrogens (tertiary/aromatic N) is 3. The van der Waals surface area contributed by atoms with Crippen LogP contribution in [0.5, 0.6) is 5.88 Å². The maximum absolute atomic E-state index is 13.6. The van der Waals surface area contributed by atoms with Crippen LogP contribution in [0.1, 0.15) is 62.9 Å². The van der Waals surface area contributed by atoms with Crippen LogP contribution in [0.2, 0.25) is 0 Å². The third-order valence-corrected chi connectivity index (χ3v) is 6.48. The van der Waals surface area contributed by atoms with Gasteiger partial charge in [0, 0.05) is 45.3 Å². The molecular weight excluding hydrogens is 514 g/mol. The topological polar surface area (TPSA) is 124 Å². The Morgan fingerprint density at radius 2 is 1.90 bits per heavy atom. The molecule has 11 heteroatoms. The molecular formula is C29H43N5O6. The predicted molar refractivity (Wildman–Crippen MR) is 151 cm³/mol. The monoisotopic (exact) mass is 557 g/mol. The Hall–Kier alpha value is -3.44. The van der Waals surface area contributed by atoms with Gasteiger partial charge in [0.1, 0.15) is 11.4 Å². The molecule has 1 atom stereocenters. The molecule has 0 aromatic carbocycles.